The van der Waals surface area contributed by atoms with E-state index in [1.807, 2.05) is 48.0 Å². The van der Waals surface area contributed by atoms with E-state index in [2.05, 4.69) is 52.5 Å². The highest BCUT2D eigenvalue weighted by molar-refractivity contribution is 14.1. The minimum atomic E-state index is -4.26. The zero-order chi connectivity index (χ0) is 37.0. The molecule has 52 heavy (non-hydrogen) atoms. The molecule has 0 saturated heterocycles. The molecule has 3 amide bonds. The van der Waals surface area contributed by atoms with E-state index in [1.54, 1.807) is 23.1 Å². The van der Waals surface area contributed by atoms with Crippen LogP contribution in [0, 0.1) is 3.57 Å². The Morgan fingerprint density at radius 2 is 1.65 bits per heavy atom. The number of hydrogen-bond donors (Lipinski definition) is 2. The van der Waals surface area contributed by atoms with Crippen LogP contribution in [-0.2, 0) is 36.5 Å². The highest BCUT2D eigenvalue weighted by Gasteiger charge is 2.29. The zero-order valence-electron chi connectivity index (χ0n) is 29.5. The molecule has 0 saturated carbocycles. The number of sulfonamides is 1. The Morgan fingerprint density at radius 1 is 0.885 bits per heavy atom. The van der Waals surface area contributed by atoms with E-state index in [1.165, 1.54) is 23.8 Å². The molecule has 0 bridgehead atoms. The SMILES string of the molecule is CCCCNC(=O)c1nc(-c2ccc(C(=O)NS(=O)(=O)c3ccc4cccc(I)c4c3)cc2C(=O)N2CCc3ccccc3C2)n(C)c1CCCC. The number of nitrogens with zero attached hydrogens (tertiary/aromatic N) is 3. The fraction of sp³-hybridized carbons (Fsp3) is 0.300. The van der Waals surface area contributed by atoms with E-state index < -0.39 is 15.9 Å². The summed E-state index contributed by atoms with van der Waals surface area (Å²) < 4.78 is 32.0. The van der Waals surface area contributed by atoms with E-state index in [4.69, 9.17) is 4.98 Å². The van der Waals surface area contributed by atoms with E-state index >= 15 is 0 Å². The number of hydrogen-bond acceptors (Lipinski definition) is 6. The van der Waals surface area contributed by atoms with Gasteiger partial charge in [-0.05, 0) is 107 Å². The predicted molar refractivity (Wildman–Crippen MR) is 211 cm³/mol. The lowest BCUT2D eigenvalue weighted by molar-refractivity contribution is 0.0735. The van der Waals surface area contributed by atoms with Crippen molar-refractivity contribution < 1.29 is 22.8 Å². The lowest BCUT2D eigenvalue weighted by Crippen LogP contribution is -2.36. The number of benzene rings is 4. The van der Waals surface area contributed by atoms with Crippen LogP contribution in [0.15, 0.2) is 83.8 Å². The molecule has 10 nitrogen and oxygen atoms in total. The summed E-state index contributed by atoms with van der Waals surface area (Å²) in [7, 11) is -2.43. The second kappa shape index (κ2) is 16.0. The van der Waals surface area contributed by atoms with Crippen molar-refractivity contribution in [2.75, 3.05) is 13.1 Å². The van der Waals surface area contributed by atoms with Gasteiger partial charge in [-0.15, -0.1) is 0 Å². The summed E-state index contributed by atoms with van der Waals surface area (Å²) >= 11 is 2.15. The van der Waals surface area contributed by atoms with Crippen LogP contribution >= 0.6 is 22.6 Å². The molecule has 0 unspecified atom stereocenters. The van der Waals surface area contributed by atoms with Gasteiger partial charge in [0.15, 0.2) is 0 Å². The van der Waals surface area contributed by atoms with Gasteiger partial charge in [-0.25, -0.2) is 18.1 Å². The van der Waals surface area contributed by atoms with Gasteiger partial charge in [0.05, 0.1) is 16.2 Å². The molecule has 12 heteroatoms. The standard InChI is InChI=1S/C40H42IN5O5S/c1-4-6-15-35-36(39(48)42-21-7-5-2)43-37(45(35)3)31-19-17-28(23-33(31)40(49)46-22-20-26-11-8-9-12-29(26)25-46)38(47)44-52(50,51)30-18-16-27-13-10-14-34(41)32(27)24-30/h8-14,16-19,23-24H,4-7,15,20-22,25H2,1-3H3,(H,42,48)(H,44,47). The smallest absolute Gasteiger partial charge is 0.271 e. The molecule has 0 fully saturated rings. The molecule has 1 aliphatic heterocycles. The van der Waals surface area contributed by atoms with E-state index in [0.29, 0.717) is 49.6 Å². The van der Waals surface area contributed by atoms with E-state index in [-0.39, 0.29) is 27.8 Å². The first-order valence-corrected chi connectivity index (χ1v) is 20.2. The number of amides is 3. The van der Waals surface area contributed by atoms with Crippen molar-refractivity contribution in [3.05, 3.63) is 116 Å². The summed E-state index contributed by atoms with van der Waals surface area (Å²) in [6.07, 6.45) is 4.83. The Bertz CT molecular complexity index is 2280. The number of unbranched alkanes of at least 4 members (excludes halogenated alkanes) is 2. The first kappa shape index (κ1) is 37.2. The first-order chi connectivity index (χ1) is 25.0. The van der Waals surface area contributed by atoms with Crippen LogP contribution in [0.25, 0.3) is 22.2 Å². The number of carbonyl (C=O) groups is 3. The summed E-state index contributed by atoms with van der Waals surface area (Å²) in [6, 6.07) is 22.9. The molecule has 0 aliphatic carbocycles. The van der Waals surface area contributed by atoms with Crippen LogP contribution < -0.4 is 10.0 Å². The van der Waals surface area contributed by atoms with E-state index in [0.717, 1.165) is 51.3 Å². The van der Waals surface area contributed by atoms with Gasteiger partial charge in [0.2, 0.25) is 0 Å². The van der Waals surface area contributed by atoms with Gasteiger partial charge in [0.25, 0.3) is 27.7 Å². The topological polar surface area (TPSA) is 130 Å². The van der Waals surface area contributed by atoms with Gasteiger partial charge in [-0.2, -0.15) is 0 Å². The Morgan fingerprint density at radius 3 is 2.42 bits per heavy atom. The second-order valence-corrected chi connectivity index (χ2v) is 15.9. The van der Waals surface area contributed by atoms with Crippen LogP contribution in [0.4, 0.5) is 0 Å². The average molecular weight is 832 g/mol. The molecule has 4 aromatic carbocycles. The maximum absolute atomic E-state index is 14.5. The predicted octanol–water partition coefficient (Wildman–Crippen LogP) is 7.03. The number of fused-ring (bicyclic) bond motifs is 2. The summed E-state index contributed by atoms with van der Waals surface area (Å²) in [5, 5.41) is 4.61. The largest absolute Gasteiger partial charge is 0.351 e. The minimum Gasteiger partial charge on any atom is -0.351 e. The lowest BCUT2D eigenvalue weighted by Gasteiger charge is -2.29. The van der Waals surface area contributed by atoms with Gasteiger partial charge < -0.3 is 14.8 Å². The van der Waals surface area contributed by atoms with Crippen molar-refractivity contribution in [1.29, 1.82) is 0 Å². The van der Waals surface area contributed by atoms with Gasteiger partial charge in [-0.1, -0.05) is 69.2 Å². The maximum atomic E-state index is 14.5. The van der Waals surface area contributed by atoms with Crippen LogP contribution in [0.2, 0.25) is 0 Å². The van der Waals surface area contributed by atoms with Crippen molar-refractivity contribution in [1.82, 2.24) is 24.5 Å². The molecule has 5 aromatic rings. The number of carbonyl (C=O) groups excluding carboxylic acids is 3. The van der Waals surface area contributed by atoms with Crippen molar-refractivity contribution in [2.45, 2.75) is 63.8 Å². The van der Waals surface area contributed by atoms with Crippen LogP contribution in [0.1, 0.15) is 87.6 Å². The molecular weight excluding hydrogens is 789 g/mol. The fourth-order valence-electron chi connectivity index (χ4n) is 6.57. The van der Waals surface area contributed by atoms with Gasteiger partial charge >= 0.3 is 0 Å². The molecule has 1 aromatic heterocycles. The van der Waals surface area contributed by atoms with Crippen LogP contribution in [0.3, 0.4) is 0 Å². The molecule has 6 rings (SSSR count). The van der Waals surface area contributed by atoms with Crippen molar-refractivity contribution >= 4 is 61.1 Å². The van der Waals surface area contributed by atoms with Gasteiger partial charge in [0, 0.05) is 41.4 Å². The summed E-state index contributed by atoms with van der Waals surface area (Å²) in [4.78, 5) is 48.1. The number of rotatable bonds is 12. The monoisotopic (exact) mass is 831 g/mol. The van der Waals surface area contributed by atoms with Gasteiger partial charge in [-0.3, -0.25) is 14.4 Å². The quantitative estimate of drug-likeness (QED) is 0.103. The summed E-state index contributed by atoms with van der Waals surface area (Å²) in [6.45, 7) is 5.51. The summed E-state index contributed by atoms with van der Waals surface area (Å²) in [5.74, 6) is -1.05. The molecule has 2 heterocycles. The molecule has 270 valence electrons. The van der Waals surface area contributed by atoms with Crippen LogP contribution in [-0.4, -0.2) is 53.7 Å². The third-order valence-electron chi connectivity index (χ3n) is 9.52. The van der Waals surface area contributed by atoms with Crippen LogP contribution in [0.5, 0.6) is 0 Å². The minimum absolute atomic E-state index is 0.00130. The van der Waals surface area contributed by atoms with Crippen molar-refractivity contribution in [3.63, 3.8) is 0 Å². The Kier molecular flexibility index (Phi) is 11.4. The average Bonchev–Trinajstić information content (AvgIpc) is 3.48. The first-order valence-electron chi connectivity index (χ1n) is 17.6. The van der Waals surface area contributed by atoms with Crippen molar-refractivity contribution in [3.8, 4) is 11.4 Å². The second-order valence-electron chi connectivity index (χ2n) is 13.1. The lowest BCUT2D eigenvalue weighted by atomic mass is 9.97. The third-order valence-corrected chi connectivity index (χ3v) is 11.8. The van der Waals surface area contributed by atoms with E-state index in [9.17, 15) is 22.8 Å². The Labute approximate surface area is 318 Å². The zero-order valence-corrected chi connectivity index (χ0v) is 32.5. The maximum Gasteiger partial charge on any atom is 0.271 e. The summed E-state index contributed by atoms with van der Waals surface area (Å²) in [5.41, 5.74) is 3.93. The molecule has 0 spiro atoms. The number of halogens is 1. The molecule has 0 atom stereocenters. The normalized spacial score (nSPS) is 12.8. The number of imidazole rings is 1. The Hall–Kier alpha value is -4.56. The molecular formula is C40H42IN5O5S. The highest BCUT2D eigenvalue weighted by atomic mass is 127. The van der Waals surface area contributed by atoms with Gasteiger partial charge in [0.1, 0.15) is 11.5 Å². The fourth-order valence-corrected chi connectivity index (χ4v) is 8.24. The molecule has 1 aliphatic rings. The molecule has 2 N–H and O–H groups in total. The van der Waals surface area contributed by atoms with Crippen molar-refractivity contribution in [2.24, 2.45) is 7.05 Å². The molecule has 0 radical (unpaired) electrons. The number of aromatic nitrogens is 2. The Balaban J connectivity index is 1.40. The number of nitrogens with one attached hydrogen (secondary N) is 2. The highest BCUT2D eigenvalue weighted by Crippen LogP contribution is 2.31. The third kappa shape index (κ3) is 7.77.